The van der Waals surface area contributed by atoms with Crippen molar-refractivity contribution in [1.82, 2.24) is 25.5 Å². The molecule has 0 aliphatic heterocycles. The molecule has 0 saturated heterocycles. The van der Waals surface area contributed by atoms with Gasteiger partial charge >= 0.3 is 6.18 Å². The number of hydrogen-bond acceptors (Lipinski definition) is 4. The van der Waals surface area contributed by atoms with Gasteiger partial charge in [-0.1, -0.05) is 17.9 Å². The summed E-state index contributed by atoms with van der Waals surface area (Å²) >= 11 is 0. The summed E-state index contributed by atoms with van der Waals surface area (Å²) < 4.78 is 39.4. The lowest BCUT2D eigenvalue weighted by molar-refractivity contribution is -0.137. The number of amides is 1. The molecule has 27 heavy (non-hydrogen) atoms. The molecule has 2 aromatic carbocycles. The van der Waals surface area contributed by atoms with E-state index in [9.17, 15) is 18.0 Å². The molecule has 6 nitrogen and oxygen atoms in total. The Hall–Kier alpha value is -3.67. The first-order valence-electron chi connectivity index (χ1n) is 7.71. The minimum absolute atomic E-state index is 0.00380. The molecule has 0 saturated carbocycles. The summed E-state index contributed by atoms with van der Waals surface area (Å²) in [6.07, 6.45) is -2.99. The molecule has 136 valence electrons. The minimum Gasteiger partial charge on any atom is -0.341 e. The fraction of sp³-hybridized carbons (Fsp3) is 0.111. The third kappa shape index (κ3) is 4.70. The van der Waals surface area contributed by atoms with Crippen molar-refractivity contribution in [2.24, 2.45) is 0 Å². The van der Waals surface area contributed by atoms with Gasteiger partial charge in [-0.05, 0) is 52.9 Å². The number of rotatable bonds is 3. The van der Waals surface area contributed by atoms with Crippen molar-refractivity contribution in [3.63, 3.8) is 0 Å². The third-order valence-electron chi connectivity index (χ3n) is 3.50. The van der Waals surface area contributed by atoms with Gasteiger partial charge < -0.3 is 5.32 Å². The van der Waals surface area contributed by atoms with Crippen molar-refractivity contribution in [2.75, 3.05) is 6.54 Å². The molecule has 0 fully saturated rings. The molecule has 0 aliphatic rings. The second-order valence-corrected chi connectivity index (χ2v) is 5.36. The molecule has 9 heteroatoms. The van der Waals surface area contributed by atoms with Crippen molar-refractivity contribution in [2.45, 2.75) is 6.18 Å². The number of carbonyl (C=O) groups excluding carboxylic acids is 1. The first-order valence-corrected chi connectivity index (χ1v) is 7.71. The number of nitrogens with zero attached hydrogens (tertiary/aromatic N) is 4. The lowest BCUT2D eigenvalue weighted by Gasteiger charge is -2.05. The second-order valence-electron chi connectivity index (χ2n) is 5.36. The summed E-state index contributed by atoms with van der Waals surface area (Å²) in [7, 11) is 0. The Balaban J connectivity index is 1.58. The van der Waals surface area contributed by atoms with E-state index in [0.29, 0.717) is 11.3 Å². The van der Waals surface area contributed by atoms with Crippen molar-refractivity contribution in [3.05, 3.63) is 71.5 Å². The lowest BCUT2D eigenvalue weighted by Crippen LogP contribution is -2.23. The topological polar surface area (TPSA) is 72.7 Å². The smallest absolute Gasteiger partial charge is 0.341 e. The molecule has 0 aliphatic carbocycles. The van der Waals surface area contributed by atoms with Gasteiger partial charge in [-0.15, -0.1) is 5.10 Å². The number of benzene rings is 2. The Morgan fingerprint density at radius 1 is 1.15 bits per heavy atom. The van der Waals surface area contributed by atoms with E-state index in [1.807, 2.05) is 0 Å². The summed E-state index contributed by atoms with van der Waals surface area (Å²) in [4.78, 5) is 12.1. The molecule has 1 amide bonds. The zero-order chi connectivity index (χ0) is 19.3. The Morgan fingerprint density at radius 3 is 2.59 bits per heavy atom. The van der Waals surface area contributed by atoms with E-state index in [1.165, 1.54) is 23.1 Å². The molecule has 3 rings (SSSR count). The Kier molecular flexibility index (Phi) is 5.17. The summed E-state index contributed by atoms with van der Waals surface area (Å²) in [5, 5.41) is 13.4. The highest BCUT2D eigenvalue weighted by Crippen LogP contribution is 2.29. The van der Waals surface area contributed by atoms with Crippen LogP contribution in [0.25, 0.3) is 5.69 Å². The molecule has 3 aromatic rings. The SMILES string of the molecule is O=C(NCC#Cc1cccc(C(F)(F)F)c1)c1ccc(-n2cnnn2)cc1. The van der Waals surface area contributed by atoms with Crippen LogP contribution in [0.3, 0.4) is 0 Å². The van der Waals surface area contributed by atoms with E-state index in [4.69, 9.17) is 0 Å². The Bertz CT molecular complexity index is 986. The molecule has 1 aromatic heterocycles. The normalized spacial score (nSPS) is 10.8. The Labute approximate surface area is 152 Å². The number of hydrogen-bond donors (Lipinski definition) is 1. The maximum absolute atomic E-state index is 12.7. The van der Waals surface area contributed by atoms with Gasteiger partial charge in [0.25, 0.3) is 5.91 Å². The second kappa shape index (κ2) is 7.70. The molecule has 0 unspecified atom stereocenters. The molecule has 0 radical (unpaired) electrons. The van der Waals surface area contributed by atoms with Crippen LogP contribution in [0.4, 0.5) is 13.2 Å². The van der Waals surface area contributed by atoms with Gasteiger partial charge in [0.1, 0.15) is 6.33 Å². The van der Waals surface area contributed by atoms with Crippen LogP contribution in [-0.2, 0) is 6.18 Å². The van der Waals surface area contributed by atoms with Gasteiger partial charge in [0.05, 0.1) is 17.8 Å². The number of aromatic nitrogens is 4. The molecule has 0 bridgehead atoms. The quantitative estimate of drug-likeness (QED) is 0.718. The number of alkyl halides is 3. The Morgan fingerprint density at radius 2 is 1.93 bits per heavy atom. The molecular weight excluding hydrogens is 359 g/mol. The van der Waals surface area contributed by atoms with Crippen LogP contribution >= 0.6 is 0 Å². The van der Waals surface area contributed by atoms with E-state index in [-0.39, 0.29) is 18.0 Å². The van der Waals surface area contributed by atoms with Gasteiger partial charge in [-0.3, -0.25) is 4.79 Å². The first-order chi connectivity index (χ1) is 12.9. The first kappa shape index (κ1) is 18.1. The van der Waals surface area contributed by atoms with Gasteiger partial charge in [-0.25, -0.2) is 4.68 Å². The van der Waals surface area contributed by atoms with E-state index in [2.05, 4.69) is 32.7 Å². The summed E-state index contributed by atoms with van der Waals surface area (Å²) in [6.45, 7) is 0.00380. The summed E-state index contributed by atoms with van der Waals surface area (Å²) in [6, 6.07) is 11.3. The van der Waals surface area contributed by atoms with E-state index in [0.717, 1.165) is 12.1 Å². The molecular formula is C18H12F3N5O. The molecule has 0 spiro atoms. The highest BCUT2D eigenvalue weighted by Gasteiger charge is 2.30. The average Bonchev–Trinajstić information content (AvgIpc) is 3.19. The predicted octanol–water partition coefficient (Wildman–Crippen LogP) is 2.46. The van der Waals surface area contributed by atoms with Crippen LogP contribution < -0.4 is 5.32 Å². The third-order valence-corrected chi connectivity index (χ3v) is 3.50. The van der Waals surface area contributed by atoms with Gasteiger partial charge in [0.15, 0.2) is 0 Å². The largest absolute Gasteiger partial charge is 0.416 e. The fourth-order valence-electron chi connectivity index (χ4n) is 2.19. The zero-order valence-corrected chi connectivity index (χ0v) is 13.7. The van der Waals surface area contributed by atoms with Crippen LogP contribution in [0.15, 0.2) is 54.9 Å². The van der Waals surface area contributed by atoms with Gasteiger partial charge in [0, 0.05) is 11.1 Å². The summed E-state index contributed by atoms with van der Waals surface area (Å²) in [5.41, 5.74) is 0.569. The highest BCUT2D eigenvalue weighted by atomic mass is 19.4. The number of tetrazole rings is 1. The number of nitrogens with one attached hydrogen (secondary N) is 1. The van der Waals surface area contributed by atoms with Gasteiger partial charge in [0.2, 0.25) is 0 Å². The maximum Gasteiger partial charge on any atom is 0.416 e. The van der Waals surface area contributed by atoms with Crippen molar-refractivity contribution < 1.29 is 18.0 Å². The van der Waals surface area contributed by atoms with Crippen molar-refractivity contribution in [1.29, 1.82) is 0 Å². The summed E-state index contributed by atoms with van der Waals surface area (Å²) in [5.74, 6) is 4.89. The van der Waals surface area contributed by atoms with E-state index in [1.54, 1.807) is 24.3 Å². The maximum atomic E-state index is 12.7. The number of carbonyl (C=O) groups is 1. The van der Waals surface area contributed by atoms with Gasteiger partial charge in [-0.2, -0.15) is 13.2 Å². The van der Waals surface area contributed by atoms with Crippen LogP contribution in [-0.4, -0.2) is 32.7 Å². The standard InChI is InChI=1S/C18H12F3N5O/c19-18(20,21)15-5-1-3-13(11-15)4-2-10-22-17(27)14-6-8-16(9-7-14)26-12-23-24-25-26/h1,3,5-9,11-12H,10H2,(H,22,27). The minimum atomic E-state index is -4.42. The number of halogens is 3. The fourth-order valence-corrected chi connectivity index (χ4v) is 2.19. The van der Waals surface area contributed by atoms with Crippen LogP contribution in [0.5, 0.6) is 0 Å². The van der Waals surface area contributed by atoms with E-state index < -0.39 is 11.7 Å². The van der Waals surface area contributed by atoms with Crippen molar-refractivity contribution in [3.8, 4) is 17.5 Å². The molecule has 1 heterocycles. The van der Waals surface area contributed by atoms with Crippen molar-refractivity contribution >= 4 is 5.91 Å². The van der Waals surface area contributed by atoms with E-state index >= 15 is 0 Å². The zero-order valence-electron chi connectivity index (χ0n) is 13.7. The monoisotopic (exact) mass is 371 g/mol. The lowest BCUT2D eigenvalue weighted by atomic mass is 10.1. The predicted molar refractivity (Wildman–Crippen MR) is 89.8 cm³/mol. The average molecular weight is 371 g/mol. The van der Waals surface area contributed by atoms with Crippen LogP contribution in [0.1, 0.15) is 21.5 Å². The van der Waals surface area contributed by atoms with Crippen LogP contribution in [0, 0.1) is 11.8 Å². The van der Waals surface area contributed by atoms with Crippen LogP contribution in [0.2, 0.25) is 0 Å². The molecule has 0 atom stereocenters. The molecule has 1 N–H and O–H groups in total. The highest BCUT2D eigenvalue weighted by molar-refractivity contribution is 5.94.